The lowest BCUT2D eigenvalue weighted by Crippen LogP contribution is -2.53. The van der Waals surface area contributed by atoms with E-state index in [9.17, 15) is 19.2 Å². The minimum atomic E-state index is -0.754. The lowest BCUT2D eigenvalue weighted by atomic mass is 10.0. The molecule has 1 aromatic rings. The van der Waals surface area contributed by atoms with Crippen molar-refractivity contribution in [2.45, 2.75) is 58.2 Å². The minimum Gasteiger partial charge on any atom is -0.467 e. The van der Waals surface area contributed by atoms with Crippen LogP contribution in [0.3, 0.4) is 0 Å². The Kier molecular flexibility index (Phi) is 7.45. The summed E-state index contributed by atoms with van der Waals surface area (Å²) in [4.78, 5) is 55.7. The summed E-state index contributed by atoms with van der Waals surface area (Å²) >= 11 is 0. The number of fused-ring (bicyclic) bond motifs is 1. The van der Waals surface area contributed by atoms with Gasteiger partial charge in [0.05, 0.1) is 19.2 Å². The molecule has 2 heterocycles. The summed E-state index contributed by atoms with van der Waals surface area (Å²) in [6.45, 7) is 5.17. The van der Waals surface area contributed by atoms with Gasteiger partial charge in [0.25, 0.3) is 5.71 Å². The third-order valence-corrected chi connectivity index (χ3v) is 6.09. The number of pyridine rings is 1. The smallest absolute Gasteiger partial charge is 0.328 e. The van der Waals surface area contributed by atoms with Crippen LogP contribution in [0.4, 0.5) is 5.82 Å². The maximum absolute atomic E-state index is 13.1. The Hall–Kier alpha value is -3.30. The van der Waals surface area contributed by atoms with E-state index in [1.54, 1.807) is 17.0 Å². The maximum Gasteiger partial charge on any atom is 0.328 e. The van der Waals surface area contributed by atoms with Crippen molar-refractivity contribution in [1.82, 2.24) is 15.2 Å². The zero-order valence-corrected chi connectivity index (χ0v) is 19.5. The number of carbonyl (C=O) groups excluding carboxylic acids is 4. The molecule has 1 aliphatic heterocycles. The molecule has 3 rings (SSSR count). The first-order valence-corrected chi connectivity index (χ1v) is 11.2. The van der Waals surface area contributed by atoms with Gasteiger partial charge in [-0.15, -0.1) is 0 Å². The summed E-state index contributed by atoms with van der Waals surface area (Å²) in [7, 11) is 1.29. The van der Waals surface area contributed by atoms with Gasteiger partial charge in [-0.1, -0.05) is 13.8 Å². The summed E-state index contributed by atoms with van der Waals surface area (Å²) in [5.74, 6) is -0.596. The summed E-state index contributed by atoms with van der Waals surface area (Å²) < 4.78 is 4.83. The molecular weight excluding hydrogens is 426 g/mol. The Balaban J connectivity index is 1.68. The molecular formula is C23H32N5O5+. The number of nitrogens with zero attached hydrogens (tertiary/aromatic N) is 2. The van der Waals surface area contributed by atoms with Crippen molar-refractivity contribution >= 4 is 35.1 Å². The zero-order chi connectivity index (χ0) is 24.3. The standard InChI is InChI=1S/C23H31N5O5/c1-12(2)8-16(23(32)33-4)27-22(31)18-10-14-9-17(14)28(18)19(30)11-26-21-15(6-5-7-25-21)20(24)13(3)29/h5-7,12,14,16-18,24H,8-11H2,1-4H3,(H,25,26)(H,27,31)/p+1/t14-,16+,17-,18+/m1/s1. The molecule has 0 aromatic carbocycles. The molecule has 0 bridgehead atoms. The Bertz CT molecular complexity index is 962. The highest BCUT2D eigenvalue weighted by atomic mass is 16.5. The Labute approximate surface area is 193 Å². The van der Waals surface area contributed by atoms with Crippen molar-refractivity contribution in [1.29, 1.82) is 0 Å². The zero-order valence-electron chi connectivity index (χ0n) is 19.5. The highest BCUT2D eigenvalue weighted by Crippen LogP contribution is 2.47. The first-order valence-electron chi connectivity index (χ1n) is 11.2. The van der Waals surface area contributed by atoms with Crippen molar-refractivity contribution in [2.75, 3.05) is 19.0 Å². The van der Waals surface area contributed by atoms with Gasteiger partial charge < -0.3 is 20.3 Å². The number of rotatable bonds is 10. The second-order valence-corrected chi connectivity index (χ2v) is 9.05. The molecule has 0 unspecified atom stereocenters. The van der Waals surface area contributed by atoms with Crippen molar-refractivity contribution in [2.24, 2.45) is 11.8 Å². The fourth-order valence-electron chi connectivity index (χ4n) is 4.35. The van der Waals surface area contributed by atoms with Crippen molar-refractivity contribution in [3.05, 3.63) is 23.9 Å². The van der Waals surface area contributed by atoms with E-state index in [0.29, 0.717) is 30.1 Å². The fraction of sp³-hybridized carbons (Fsp3) is 0.565. The molecule has 0 spiro atoms. The third-order valence-electron chi connectivity index (χ3n) is 6.09. The number of methoxy groups -OCH3 is 1. The normalized spacial score (nSPS) is 21.7. The number of likely N-dealkylation sites (tertiary alicyclic amines) is 1. The molecule has 10 heteroatoms. The number of nitrogens with one attached hydrogen (secondary N) is 2. The number of Topliss-reactive ketones (excluding diaryl/α,β-unsaturated/α-hetero) is 1. The van der Waals surface area contributed by atoms with Gasteiger partial charge in [-0.3, -0.25) is 19.8 Å². The predicted molar refractivity (Wildman–Crippen MR) is 120 cm³/mol. The second-order valence-electron chi connectivity index (χ2n) is 9.05. The molecule has 1 aliphatic carbocycles. The average Bonchev–Trinajstić information content (AvgIpc) is 3.44. The lowest BCUT2D eigenvalue weighted by Gasteiger charge is -2.29. The number of hydrogen-bond acceptors (Lipinski definition) is 7. The van der Waals surface area contributed by atoms with E-state index in [1.807, 2.05) is 13.8 Å². The number of esters is 1. The van der Waals surface area contributed by atoms with Gasteiger partial charge >= 0.3 is 5.97 Å². The van der Waals surface area contributed by atoms with Crippen LogP contribution in [-0.4, -0.2) is 70.9 Å². The van der Waals surface area contributed by atoms with Gasteiger partial charge in [-0.05, 0) is 43.2 Å². The van der Waals surface area contributed by atoms with Crippen LogP contribution in [0.15, 0.2) is 18.3 Å². The molecule has 4 N–H and O–H groups in total. The van der Waals surface area contributed by atoms with Crippen LogP contribution in [-0.2, 0) is 23.9 Å². The first kappa shape index (κ1) is 24.3. The van der Waals surface area contributed by atoms with E-state index in [-0.39, 0.29) is 41.8 Å². The van der Waals surface area contributed by atoms with Gasteiger partial charge in [0.2, 0.25) is 17.6 Å². The van der Waals surface area contributed by atoms with E-state index in [2.05, 4.69) is 15.6 Å². The van der Waals surface area contributed by atoms with Crippen molar-refractivity contribution in [3.63, 3.8) is 0 Å². The molecule has 0 radical (unpaired) electrons. The van der Waals surface area contributed by atoms with E-state index in [0.717, 1.165) is 6.42 Å². The van der Waals surface area contributed by atoms with Crippen molar-refractivity contribution in [3.8, 4) is 0 Å². The Morgan fingerprint density at radius 1 is 1.27 bits per heavy atom. The Morgan fingerprint density at radius 3 is 2.64 bits per heavy atom. The number of nitrogens with two attached hydrogens (primary N) is 1. The van der Waals surface area contributed by atoms with Gasteiger partial charge in [-0.2, -0.15) is 0 Å². The fourth-order valence-corrected chi connectivity index (χ4v) is 4.35. The molecule has 4 atom stereocenters. The molecule has 2 fully saturated rings. The van der Waals surface area contributed by atoms with E-state index in [4.69, 9.17) is 10.1 Å². The molecule has 2 amide bonds. The summed E-state index contributed by atoms with van der Waals surface area (Å²) in [6, 6.07) is 1.94. The topological polar surface area (TPSA) is 143 Å². The van der Waals surface area contributed by atoms with Crippen LogP contribution < -0.4 is 16.0 Å². The summed E-state index contributed by atoms with van der Waals surface area (Å²) in [6.07, 6.45) is 3.41. The second kappa shape index (κ2) is 10.1. The molecule has 10 nitrogen and oxygen atoms in total. The number of anilines is 1. The van der Waals surface area contributed by atoms with E-state index < -0.39 is 18.1 Å². The number of amides is 2. The monoisotopic (exact) mass is 458 g/mol. The minimum absolute atomic E-state index is 0.0220. The maximum atomic E-state index is 13.1. The quantitative estimate of drug-likeness (QED) is 0.311. The molecule has 1 saturated carbocycles. The highest BCUT2D eigenvalue weighted by molar-refractivity contribution is 6.43. The van der Waals surface area contributed by atoms with Crippen LogP contribution in [0.25, 0.3) is 0 Å². The van der Waals surface area contributed by atoms with E-state index >= 15 is 0 Å². The average molecular weight is 459 g/mol. The predicted octanol–water partition coefficient (Wildman–Crippen LogP) is -0.676. The number of piperidine rings is 1. The van der Waals surface area contributed by atoms with Gasteiger partial charge in [0.1, 0.15) is 17.9 Å². The highest BCUT2D eigenvalue weighted by Gasteiger charge is 2.56. The number of aromatic nitrogens is 1. The van der Waals surface area contributed by atoms with Crippen LogP contribution in [0, 0.1) is 11.8 Å². The molecule has 1 aromatic heterocycles. The molecule has 178 valence electrons. The molecule has 2 aliphatic rings. The number of ether oxygens (including phenoxy) is 1. The van der Waals surface area contributed by atoms with Crippen molar-refractivity contribution < 1.29 is 29.3 Å². The third kappa shape index (κ3) is 5.55. The summed E-state index contributed by atoms with van der Waals surface area (Å²) in [5, 5.41) is 11.6. The van der Waals surface area contributed by atoms with Crippen LogP contribution in [0.1, 0.15) is 45.6 Å². The number of ketones is 1. The van der Waals surface area contributed by atoms with Gasteiger partial charge in [0.15, 0.2) is 0 Å². The van der Waals surface area contributed by atoms with Crippen LogP contribution in [0.2, 0.25) is 0 Å². The molecule has 33 heavy (non-hydrogen) atoms. The van der Waals surface area contributed by atoms with E-state index in [1.165, 1.54) is 20.2 Å². The van der Waals surface area contributed by atoms with Crippen LogP contribution in [0.5, 0.6) is 0 Å². The van der Waals surface area contributed by atoms with Gasteiger partial charge in [0, 0.05) is 19.2 Å². The summed E-state index contributed by atoms with van der Waals surface area (Å²) in [5.41, 5.74) is 0.477. The SMILES string of the molecule is COC(=O)[C@H](CC(C)C)NC(=O)[C@@H]1C[C@H]2C[C@H]2N1C(=O)CNc1ncccc1C(=[NH2+])C(C)=O. The van der Waals surface area contributed by atoms with Crippen LogP contribution >= 0.6 is 0 Å². The lowest BCUT2D eigenvalue weighted by molar-refractivity contribution is -0.147. The first-order chi connectivity index (χ1) is 15.6. The van der Waals surface area contributed by atoms with Gasteiger partial charge in [-0.25, -0.2) is 9.78 Å². The largest absolute Gasteiger partial charge is 0.467 e. The Morgan fingerprint density at radius 2 is 2.00 bits per heavy atom. The number of carbonyl (C=O) groups is 4. The molecule has 1 saturated heterocycles. The number of hydrogen-bond donors (Lipinski definition) is 3.